The summed E-state index contributed by atoms with van der Waals surface area (Å²) in [7, 11) is 0. The molecule has 102 valence electrons. The molecule has 2 nitrogen and oxygen atoms in total. The largest absolute Gasteiger partial charge is 0.506 e. The molecule has 2 rings (SSSR count). The van der Waals surface area contributed by atoms with Crippen LogP contribution in [0.2, 0.25) is 5.02 Å². The van der Waals surface area contributed by atoms with Gasteiger partial charge in [0.15, 0.2) is 0 Å². The van der Waals surface area contributed by atoms with Crippen LogP contribution in [0.5, 0.6) is 5.75 Å². The third-order valence-corrected chi connectivity index (χ3v) is 3.98. The van der Waals surface area contributed by atoms with Crippen molar-refractivity contribution >= 4 is 24.0 Å². The number of nitrogens with two attached hydrogens (primary N) is 1. The van der Waals surface area contributed by atoms with E-state index < -0.39 is 5.82 Å². The first kappa shape index (κ1) is 15.5. The van der Waals surface area contributed by atoms with Gasteiger partial charge >= 0.3 is 0 Å². The Morgan fingerprint density at radius 1 is 1.28 bits per heavy atom. The number of rotatable bonds is 2. The van der Waals surface area contributed by atoms with Crippen LogP contribution in [0.25, 0.3) is 0 Å². The fraction of sp³-hybridized carbons (Fsp3) is 0.538. The molecular weight excluding hydrogens is 276 g/mol. The molecule has 1 aromatic carbocycles. The maximum absolute atomic E-state index is 13.1. The lowest BCUT2D eigenvalue weighted by Gasteiger charge is -2.28. The van der Waals surface area contributed by atoms with Gasteiger partial charge in [0.2, 0.25) is 0 Å². The van der Waals surface area contributed by atoms with Crippen molar-refractivity contribution in [2.75, 3.05) is 0 Å². The topological polar surface area (TPSA) is 46.2 Å². The third kappa shape index (κ3) is 3.08. The van der Waals surface area contributed by atoms with Gasteiger partial charge < -0.3 is 10.8 Å². The molecular formula is C13H18Cl2FNO. The Balaban J connectivity index is 0.00000162. The lowest BCUT2D eigenvalue weighted by atomic mass is 9.81. The number of hydrogen-bond acceptors (Lipinski definition) is 2. The van der Waals surface area contributed by atoms with E-state index in [0.717, 1.165) is 12.8 Å². The summed E-state index contributed by atoms with van der Waals surface area (Å²) in [4.78, 5) is 0. The fourth-order valence-electron chi connectivity index (χ4n) is 2.57. The highest BCUT2D eigenvalue weighted by Gasteiger charge is 2.25. The highest BCUT2D eigenvalue weighted by atomic mass is 35.5. The highest BCUT2D eigenvalue weighted by Crippen LogP contribution is 2.39. The molecule has 0 aromatic heterocycles. The van der Waals surface area contributed by atoms with E-state index in [1.165, 1.54) is 31.4 Å². The van der Waals surface area contributed by atoms with Crippen molar-refractivity contribution in [3.8, 4) is 5.75 Å². The van der Waals surface area contributed by atoms with Gasteiger partial charge in [-0.25, -0.2) is 4.39 Å². The number of halogens is 3. The summed E-state index contributed by atoms with van der Waals surface area (Å²) in [6.45, 7) is 0. The molecule has 0 amide bonds. The Morgan fingerprint density at radius 3 is 2.50 bits per heavy atom. The molecule has 0 aliphatic heterocycles. The lowest BCUT2D eigenvalue weighted by molar-refractivity contribution is 0.302. The number of aromatic hydroxyl groups is 1. The molecule has 1 aliphatic rings. The second-order valence-corrected chi connectivity index (χ2v) is 5.10. The molecule has 3 N–H and O–H groups in total. The van der Waals surface area contributed by atoms with Crippen LogP contribution < -0.4 is 5.73 Å². The van der Waals surface area contributed by atoms with Gasteiger partial charge in [0, 0.05) is 11.6 Å². The highest BCUT2D eigenvalue weighted by molar-refractivity contribution is 6.32. The van der Waals surface area contributed by atoms with Crippen molar-refractivity contribution in [1.29, 1.82) is 0 Å². The van der Waals surface area contributed by atoms with E-state index in [0.29, 0.717) is 11.5 Å². The summed E-state index contributed by atoms with van der Waals surface area (Å²) in [5, 5.41) is 9.60. The minimum absolute atomic E-state index is 0. The molecule has 0 bridgehead atoms. The molecule has 1 atom stereocenters. The number of hydrogen-bond donors (Lipinski definition) is 2. The van der Waals surface area contributed by atoms with Gasteiger partial charge in [0.05, 0.1) is 0 Å². The van der Waals surface area contributed by atoms with E-state index in [4.69, 9.17) is 17.3 Å². The van der Waals surface area contributed by atoms with Crippen molar-refractivity contribution in [2.24, 2.45) is 11.7 Å². The predicted molar refractivity (Wildman–Crippen MR) is 73.8 cm³/mol. The van der Waals surface area contributed by atoms with E-state index >= 15 is 0 Å². The van der Waals surface area contributed by atoms with Crippen molar-refractivity contribution in [1.82, 2.24) is 0 Å². The average Bonchev–Trinajstić information content (AvgIpc) is 2.36. The zero-order valence-corrected chi connectivity index (χ0v) is 11.6. The lowest BCUT2D eigenvalue weighted by Crippen LogP contribution is -2.23. The molecule has 0 spiro atoms. The number of phenolic OH excluding ortho intramolecular Hbond substituents is 1. The Kier molecular flexibility index (Phi) is 5.70. The predicted octanol–water partition coefficient (Wildman–Crippen LogP) is 4.19. The van der Waals surface area contributed by atoms with Gasteiger partial charge in [-0.05, 0) is 24.8 Å². The van der Waals surface area contributed by atoms with Gasteiger partial charge in [0.1, 0.15) is 16.6 Å². The third-order valence-electron chi connectivity index (χ3n) is 3.62. The molecule has 1 saturated carbocycles. The smallest absolute Gasteiger partial charge is 0.145 e. The zero-order valence-electron chi connectivity index (χ0n) is 10.0. The minimum atomic E-state index is -0.608. The summed E-state index contributed by atoms with van der Waals surface area (Å²) >= 11 is 5.69. The van der Waals surface area contributed by atoms with Crippen LogP contribution in [0.4, 0.5) is 4.39 Å². The van der Waals surface area contributed by atoms with Crippen molar-refractivity contribution in [3.05, 3.63) is 28.5 Å². The van der Waals surface area contributed by atoms with Crippen LogP contribution in [-0.2, 0) is 0 Å². The van der Waals surface area contributed by atoms with Crippen LogP contribution >= 0.6 is 24.0 Å². The van der Waals surface area contributed by atoms with E-state index in [9.17, 15) is 9.50 Å². The van der Waals surface area contributed by atoms with Crippen LogP contribution in [0.1, 0.15) is 43.7 Å². The second-order valence-electron chi connectivity index (χ2n) is 4.72. The molecule has 0 saturated heterocycles. The summed E-state index contributed by atoms with van der Waals surface area (Å²) < 4.78 is 13.1. The minimum Gasteiger partial charge on any atom is -0.506 e. The van der Waals surface area contributed by atoms with Crippen molar-refractivity contribution in [2.45, 2.75) is 38.1 Å². The summed E-state index contributed by atoms with van der Waals surface area (Å²) in [6, 6.07) is 2.55. The van der Waals surface area contributed by atoms with Crippen molar-refractivity contribution < 1.29 is 9.50 Å². The standard InChI is InChI=1S/C13H17ClFNO.ClH/c14-11-10(15)7-6-9(13(11)17)12(16)8-4-2-1-3-5-8;/h6-8,12,17H,1-5,16H2;1H/t12-;/m1./s1. The monoisotopic (exact) mass is 293 g/mol. The molecule has 0 heterocycles. The van der Waals surface area contributed by atoms with Crippen LogP contribution in [-0.4, -0.2) is 5.11 Å². The molecule has 1 aromatic rings. The SMILES string of the molecule is Cl.N[C@@H](c1ccc(F)c(Cl)c1O)C1CCCCC1. The first-order valence-electron chi connectivity index (χ1n) is 6.03. The molecule has 0 radical (unpaired) electrons. The molecule has 18 heavy (non-hydrogen) atoms. The van der Waals surface area contributed by atoms with Crippen molar-refractivity contribution in [3.63, 3.8) is 0 Å². The zero-order chi connectivity index (χ0) is 12.4. The van der Waals surface area contributed by atoms with Gasteiger partial charge in [-0.1, -0.05) is 36.9 Å². The first-order chi connectivity index (χ1) is 8.11. The van der Waals surface area contributed by atoms with E-state index in [-0.39, 0.29) is 29.2 Å². The van der Waals surface area contributed by atoms with E-state index in [1.54, 1.807) is 0 Å². The van der Waals surface area contributed by atoms with Gasteiger partial charge in [-0.2, -0.15) is 0 Å². The quantitative estimate of drug-likeness (QED) is 0.859. The molecule has 0 unspecified atom stereocenters. The summed E-state index contributed by atoms with van der Waals surface area (Å²) in [5.41, 5.74) is 6.71. The average molecular weight is 294 g/mol. The summed E-state index contributed by atoms with van der Waals surface area (Å²) in [5.74, 6) is -0.454. The molecule has 1 aliphatic carbocycles. The maximum Gasteiger partial charge on any atom is 0.145 e. The Labute approximate surface area is 118 Å². The Hall–Kier alpha value is -0.510. The molecule has 5 heteroatoms. The maximum atomic E-state index is 13.1. The van der Waals surface area contributed by atoms with Gasteiger partial charge in [0.25, 0.3) is 0 Å². The summed E-state index contributed by atoms with van der Waals surface area (Å²) in [6.07, 6.45) is 5.73. The number of phenols is 1. The Morgan fingerprint density at radius 2 is 1.89 bits per heavy atom. The molecule has 1 fully saturated rings. The van der Waals surface area contributed by atoms with Crippen LogP contribution in [0.3, 0.4) is 0 Å². The normalized spacial score (nSPS) is 18.2. The van der Waals surface area contributed by atoms with Gasteiger partial charge in [-0.3, -0.25) is 0 Å². The van der Waals surface area contributed by atoms with E-state index in [2.05, 4.69) is 0 Å². The number of benzene rings is 1. The fourth-order valence-corrected chi connectivity index (χ4v) is 2.74. The van der Waals surface area contributed by atoms with Crippen LogP contribution in [0, 0.1) is 11.7 Å². The second kappa shape index (κ2) is 6.60. The van der Waals surface area contributed by atoms with Gasteiger partial charge in [-0.15, -0.1) is 12.4 Å². The van der Waals surface area contributed by atoms with E-state index in [1.807, 2.05) is 0 Å². The first-order valence-corrected chi connectivity index (χ1v) is 6.41. The van der Waals surface area contributed by atoms with Crippen LogP contribution in [0.15, 0.2) is 12.1 Å². The Bertz CT molecular complexity index is 408.